The maximum absolute atomic E-state index is 11.1. The molecule has 2 heterocycles. The maximum atomic E-state index is 11.1. The number of hydrogen-bond donors (Lipinski definition) is 1. The van der Waals surface area contributed by atoms with Crippen molar-refractivity contribution in [3.8, 4) is 0 Å². The summed E-state index contributed by atoms with van der Waals surface area (Å²) in [4.78, 5) is 13.4. The third-order valence-electron chi connectivity index (χ3n) is 2.72. The number of carbonyl (C=O) groups is 1. The Kier molecular flexibility index (Phi) is 2.55. The molecule has 1 amide bonds. The van der Waals surface area contributed by atoms with Gasteiger partial charge in [0, 0.05) is 0 Å². The predicted molar refractivity (Wildman–Crippen MR) is 42.2 cm³/mol. The Bertz CT molecular complexity index is 197. The number of carbonyl (C=O) groups excluding carboxylic acids is 1. The summed E-state index contributed by atoms with van der Waals surface area (Å²) in [6, 6.07) is 0.478. The molecule has 2 atom stereocenters. The molecule has 0 saturated carbocycles. The standard InChI is InChI=1S/C8H14IN2O/c1-9-11-4-6-2-3-8(12)10-7(6)5-11/h6-7H,2-5H2,1H3,(H,10,12)/q-1. The van der Waals surface area contributed by atoms with Crippen LogP contribution in [0.3, 0.4) is 0 Å². The molecule has 0 aliphatic carbocycles. The minimum atomic E-state index is 0.233. The first-order chi connectivity index (χ1) is 5.79. The van der Waals surface area contributed by atoms with Crippen LogP contribution in [0.25, 0.3) is 0 Å². The molecule has 4 heteroatoms. The van der Waals surface area contributed by atoms with Crippen molar-refractivity contribution in [3.05, 3.63) is 0 Å². The zero-order valence-electron chi connectivity index (χ0n) is 7.22. The fourth-order valence-electron chi connectivity index (χ4n) is 2.01. The van der Waals surface area contributed by atoms with Gasteiger partial charge in [0.05, 0.1) is 0 Å². The Hall–Kier alpha value is 0.160. The quantitative estimate of drug-likeness (QED) is 0.312. The Morgan fingerprint density at radius 2 is 2.42 bits per heavy atom. The molecule has 2 unspecified atom stereocenters. The number of nitrogens with one attached hydrogen (secondary N) is 1. The van der Waals surface area contributed by atoms with Crippen molar-refractivity contribution < 1.29 is 26.3 Å². The van der Waals surface area contributed by atoms with Gasteiger partial charge in [0.15, 0.2) is 0 Å². The summed E-state index contributed by atoms with van der Waals surface area (Å²) in [5.41, 5.74) is 0. The summed E-state index contributed by atoms with van der Waals surface area (Å²) < 4.78 is 2.53. The number of nitrogens with zero attached hydrogens (tertiary/aromatic N) is 1. The topological polar surface area (TPSA) is 32.3 Å². The first-order valence-electron chi connectivity index (χ1n) is 4.33. The molecule has 0 bridgehead atoms. The summed E-state index contributed by atoms with van der Waals surface area (Å²) >= 11 is 0.233. The van der Waals surface area contributed by atoms with E-state index in [2.05, 4.69) is 13.4 Å². The molecule has 3 nitrogen and oxygen atoms in total. The van der Waals surface area contributed by atoms with E-state index in [1.165, 1.54) is 6.54 Å². The van der Waals surface area contributed by atoms with Crippen molar-refractivity contribution in [1.82, 2.24) is 8.43 Å². The van der Waals surface area contributed by atoms with E-state index in [4.69, 9.17) is 0 Å². The van der Waals surface area contributed by atoms with Crippen LogP contribution in [-0.4, -0.2) is 33.1 Å². The van der Waals surface area contributed by atoms with E-state index in [9.17, 15) is 4.79 Å². The van der Waals surface area contributed by atoms with E-state index in [1.54, 1.807) is 0 Å². The van der Waals surface area contributed by atoms with Gasteiger partial charge in [-0.05, 0) is 0 Å². The second-order valence-corrected chi connectivity index (χ2v) is 5.80. The Balaban J connectivity index is 1.97. The van der Waals surface area contributed by atoms with Crippen LogP contribution in [0.15, 0.2) is 0 Å². The van der Waals surface area contributed by atoms with Gasteiger partial charge in [0.1, 0.15) is 0 Å². The Labute approximate surface area is 83.5 Å². The number of piperidine rings is 1. The molecule has 0 aromatic rings. The number of hydrogen-bond acceptors (Lipinski definition) is 2. The molecule has 2 aliphatic rings. The van der Waals surface area contributed by atoms with Gasteiger partial charge in [-0.15, -0.1) is 0 Å². The van der Waals surface area contributed by atoms with E-state index < -0.39 is 0 Å². The minimum absolute atomic E-state index is 0.233. The van der Waals surface area contributed by atoms with Gasteiger partial charge in [-0.25, -0.2) is 0 Å². The van der Waals surface area contributed by atoms with E-state index in [0.717, 1.165) is 25.3 Å². The van der Waals surface area contributed by atoms with Crippen LogP contribution in [0.2, 0.25) is 0 Å². The molecule has 2 rings (SSSR count). The Morgan fingerprint density at radius 1 is 1.58 bits per heavy atom. The van der Waals surface area contributed by atoms with Gasteiger partial charge >= 0.3 is 83.4 Å². The number of rotatable bonds is 1. The van der Waals surface area contributed by atoms with Gasteiger partial charge in [-0.3, -0.25) is 0 Å². The Morgan fingerprint density at radius 3 is 3.17 bits per heavy atom. The molecule has 0 aromatic heterocycles. The molecule has 12 heavy (non-hydrogen) atoms. The zero-order valence-corrected chi connectivity index (χ0v) is 9.37. The molecular formula is C8H14IN2O-. The van der Waals surface area contributed by atoms with Crippen molar-refractivity contribution in [2.75, 3.05) is 18.0 Å². The van der Waals surface area contributed by atoms with Crippen molar-refractivity contribution in [2.24, 2.45) is 5.92 Å². The van der Waals surface area contributed by atoms with E-state index in [-0.39, 0.29) is 27.4 Å². The molecule has 1 N–H and O–H groups in total. The molecule has 0 radical (unpaired) electrons. The zero-order chi connectivity index (χ0) is 8.55. The van der Waals surface area contributed by atoms with Crippen molar-refractivity contribution in [2.45, 2.75) is 18.9 Å². The van der Waals surface area contributed by atoms with Crippen LogP contribution in [0.4, 0.5) is 0 Å². The monoisotopic (exact) mass is 281 g/mol. The van der Waals surface area contributed by atoms with Crippen LogP contribution in [0.1, 0.15) is 12.8 Å². The van der Waals surface area contributed by atoms with Crippen molar-refractivity contribution >= 4 is 5.91 Å². The molecule has 0 spiro atoms. The average Bonchev–Trinajstić information content (AvgIpc) is 2.46. The summed E-state index contributed by atoms with van der Waals surface area (Å²) in [6.07, 6.45) is 1.85. The van der Waals surface area contributed by atoms with E-state index in [0.29, 0.717) is 6.04 Å². The normalized spacial score (nSPS) is 36.6. The van der Waals surface area contributed by atoms with Crippen LogP contribution in [0.5, 0.6) is 0 Å². The number of halogens is 1. The molecule has 2 saturated heterocycles. The van der Waals surface area contributed by atoms with Crippen LogP contribution in [0, 0.1) is 5.92 Å². The summed E-state index contributed by atoms with van der Waals surface area (Å²) in [5.74, 6) is 1.01. The molecule has 2 aliphatic heterocycles. The summed E-state index contributed by atoms with van der Waals surface area (Å²) in [5, 5.41) is 3.08. The van der Waals surface area contributed by atoms with Crippen molar-refractivity contribution in [3.63, 3.8) is 0 Å². The van der Waals surface area contributed by atoms with Gasteiger partial charge in [0.2, 0.25) is 0 Å². The fraction of sp³-hybridized carbons (Fsp3) is 0.875. The summed E-state index contributed by atoms with van der Waals surface area (Å²) in [6.45, 7) is 2.34. The fourth-order valence-corrected chi connectivity index (χ4v) is 3.73. The number of fused-ring (bicyclic) bond motifs is 1. The van der Waals surface area contributed by atoms with Crippen molar-refractivity contribution in [1.29, 1.82) is 0 Å². The SMILES string of the molecule is C[I-]N1CC2CCC(=O)NC2C1. The molecule has 2 fully saturated rings. The third-order valence-corrected chi connectivity index (χ3v) is 4.88. The van der Waals surface area contributed by atoms with Gasteiger partial charge in [-0.2, -0.15) is 0 Å². The van der Waals surface area contributed by atoms with E-state index >= 15 is 0 Å². The van der Waals surface area contributed by atoms with Crippen LogP contribution >= 0.6 is 0 Å². The molecule has 0 aromatic carbocycles. The average molecular weight is 281 g/mol. The second-order valence-electron chi connectivity index (χ2n) is 3.47. The van der Waals surface area contributed by atoms with Gasteiger partial charge in [0.25, 0.3) is 0 Å². The number of amides is 1. The van der Waals surface area contributed by atoms with Crippen LogP contribution in [-0.2, 0) is 4.79 Å². The second kappa shape index (κ2) is 3.49. The van der Waals surface area contributed by atoms with Gasteiger partial charge in [-0.1, -0.05) is 0 Å². The number of alkyl halides is 1. The van der Waals surface area contributed by atoms with E-state index in [1.807, 2.05) is 0 Å². The van der Waals surface area contributed by atoms with Gasteiger partial charge < -0.3 is 0 Å². The molecule has 70 valence electrons. The predicted octanol–water partition coefficient (Wildman–Crippen LogP) is -3.17. The third kappa shape index (κ3) is 1.59. The summed E-state index contributed by atoms with van der Waals surface area (Å²) in [7, 11) is 0. The first-order valence-corrected chi connectivity index (χ1v) is 7.46. The first kappa shape index (κ1) is 8.74. The van der Waals surface area contributed by atoms with Crippen LogP contribution < -0.4 is 26.8 Å². The molecular weight excluding hydrogens is 267 g/mol.